The standard InChI is InChI=1S/C22H42O8Si/c1-15(2)31(16(3)4,17(5)6)29-14-22(9,21(25)27-12-11-26-10)13-28-20(24)18(7)30-19(8)23/h15-18H,11-14H2,1-10H3. The van der Waals surface area contributed by atoms with E-state index < -0.39 is 37.7 Å². The van der Waals surface area contributed by atoms with E-state index in [9.17, 15) is 14.4 Å². The second-order valence-electron chi connectivity index (χ2n) is 9.16. The molecule has 0 radical (unpaired) electrons. The van der Waals surface area contributed by atoms with Crippen LogP contribution in [0.25, 0.3) is 0 Å². The lowest BCUT2D eigenvalue weighted by atomic mass is 9.93. The molecule has 0 aromatic rings. The lowest BCUT2D eigenvalue weighted by Gasteiger charge is -2.44. The number of methoxy groups -OCH3 is 1. The highest BCUT2D eigenvalue weighted by atomic mass is 28.4. The number of carbonyl (C=O) groups excluding carboxylic acids is 3. The van der Waals surface area contributed by atoms with E-state index in [1.165, 1.54) is 21.0 Å². The number of esters is 3. The van der Waals surface area contributed by atoms with Gasteiger partial charge in [0.1, 0.15) is 18.6 Å². The maximum atomic E-state index is 12.9. The summed E-state index contributed by atoms with van der Waals surface area (Å²) in [6, 6.07) is 0. The Hall–Kier alpha value is -1.45. The maximum Gasteiger partial charge on any atom is 0.347 e. The summed E-state index contributed by atoms with van der Waals surface area (Å²) < 4.78 is 27.1. The summed E-state index contributed by atoms with van der Waals surface area (Å²) in [5.41, 5.74) is -0.232. The van der Waals surface area contributed by atoms with Crippen LogP contribution in [0.4, 0.5) is 0 Å². The Morgan fingerprint density at radius 2 is 1.35 bits per heavy atom. The summed E-state index contributed by atoms with van der Waals surface area (Å²) >= 11 is 0. The van der Waals surface area contributed by atoms with Crippen LogP contribution in [0, 0.1) is 5.41 Å². The molecular formula is C22H42O8Si. The van der Waals surface area contributed by atoms with Crippen LogP contribution >= 0.6 is 0 Å². The summed E-state index contributed by atoms with van der Waals surface area (Å²) in [7, 11) is -0.747. The van der Waals surface area contributed by atoms with Crippen LogP contribution in [0.1, 0.15) is 62.3 Å². The van der Waals surface area contributed by atoms with Gasteiger partial charge in [-0.05, 0) is 30.5 Å². The molecule has 2 unspecified atom stereocenters. The van der Waals surface area contributed by atoms with Crippen LogP contribution in [0.15, 0.2) is 0 Å². The van der Waals surface area contributed by atoms with Crippen molar-refractivity contribution in [2.24, 2.45) is 5.41 Å². The van der Waals surface area contributed by atoms with Crippen molar-refractivity contribution in [3.05, 3.63) is 0 Å². The van der Waals surface area contributed by atoms with Gasteiger partial charge >= 0.3 is 17.9 Å². The maximum absolute atomic E-state index is 12.9. The van der Waals surface area contributed by atoms with Gasteiger partial charge in [0.25, 0.3) is 0 Å². The minimum absolute atomic E-state index is 0.0643. The Bertz CT molecular complexity index is 568. The monoisotopic (exact) mass is 462 g/mol. The van der Waals surface area contributed by atoms with Crippen molar-refractivity contribution >= 4 is 26.2 Å². The first kappa shape index (κ1) is 29.5. The van der Waals surface area contributed by atoms with Crippen LogP contribution in [0.3, 0.4) is 0 Å². The van der Waals surface area contributed by atoms with Crippen molar-refractivity contribution in [2.75, 3.05) is 33.5 Å². The fourth-order valence-electron chi connectivity index (χ4n) is 3.98. The Kier molecular flexibility index (Phi) is 12.6. The number of rotatable bonds is 14. The van der Waals surface area contributed by atoms with Gasteiger partial charge in [0.2, 0.25) is 0 Å². The van der Waals surface area contributed by atoms with Gasteiger partial charge in [-0.1, -0.05) is 41.5 Å². The second kappa shape index (κ2) is 13.2. The largest absolute Gasteiger partial charge is 0.463 e. The summed E-state index contributed by atoms with van der Waals surface area (Å²) in [5.74, 6) is -1.85. The predicted molar refractivity (Wildman–Crippen MR) is 120 cm³/mol. The SMILES string of the molecule is COCCOC(=O)C(C)(COC(=O)C(C)OC(C)=O)CO[Si](C(C)C)(C(C)C)C(C)C. The second-order valence-corrected chi connectivity index (χ2v) is 14.6. The number of hydrogen-bond acceptors (Lipinski definition) is 8. The summed E-state index contributed by atoms with van der Waals surface area (Å²) in [6.45, 7) is 17.4. The fraction of sp³-hybridized carbons (Fsp3) is 0.864. The smallest absolute Gasteiger partial charge is 0.347 e. The number of ether oxygens (including phenoxy) is 4. The zero-order chi connectivity index (χ0) is 24.4. The van der Waals surface area contributed by atoms with Crippen LogP contribution in [-0.2, 0) is 37.8 Å². The molecule has 31 heavy (non-hydrogen) atoms. The average Bonchev–Trinajstić information content (AvgIpc) is 2.65. The molecule has 2 atom stereocenters. The van der Waals surface area contributed by atoms with Crippen molar-refractivity contribution in [2.45, 2.75) is 85.0 Å². The normalized spacial score (nSPS) is 15.0. The highest BCUT2D eigenvalue weighted by Gasteiger charge is 2.48. The fourth-order valence-corrected chi connectivity index (χ4v) is 9.55. The third-order valence-electron chi connectivity index (χ3n) is 5.57. The molecule has 0 saturated heterocycles. The predicted octanol–water partition coefficient (Wildman–Crippen LogP) is 3.87. The van der Waals surface area contributed by atoms with E-state index in [1.807, 2.05) is 0 Å². The Labute approximate surface area is 188 Å². The van der Waals surface area contributed by atoms with E-state index in [0.29, 0.717) is 16.6 Å². The Balaban J connectivity index is 5.60. The quantitative estimate of drug-likeness (QED) is 0.166. The molecule has 9 heteroatoms. The third kappa shape index (κ3) is 8.54. The molecule has 182 valence electrons. The molecule has 0 spiro atoms. The van der Waals surface area contributed by atoms with Gasteiger partial charge in [-0.2, -0.15) is 0 Å². The van der Waals surface area contributed by atoms with E-state index in [1.54, 1.807) is 6.92 Å². The first-order chi connectivity index (χ1) is 14.2. The van der Waals surface area contributed by atoms with Gasteiger partial charge in [-0.3, -0.25) is 9.59 Å². The molecule has 0 rings (SSSR count). The molecule has 0 heterocycles. The first-order valence-corrected chi connectivity index (χ1v) is 13.0. The molecule has 8 nitrogen and oxygen atoms in total. The summed E-state index contributed by atoms with van der Waals surface area (Å²) in [6.07, 6.45) is -1.07. The van der Waals surface area contributed by atoms with Crippen molar-refractivity contribution in [3.8, 4) is 0 Å². The number of hydrogen-bond donors (Lipinski definition) is 0. The Morgan fingerprint density at radius 3 is 1.77 bits per heavy atom. The molecule has 0 saturated carbocycles. The van der Waals surface area contributed by atoms with E-state index in [-0.39, 0.29) is 26.4 Å². The molecule has 0 aliphatic rings. The van der Waals surface area contributed by atoms with Gasteiger partial charge in [0.15, 0.2) is 14.4 Å². The Morgan fingerprint density at radius 1 is 0.839 bits per heavy atom. The molecule has 0 aromatic heterocycles. The van der Waals surface area contributed by atoms with E-state index in [0.717, 1.165) is 0 Å². The van der Waals surface area contributed by atoms with Crippen LogP contribution < -0.4 is 0 Å². The summed E-state index contributed by atoms with van der Waals surface area (Å²) in [5, 5.41) is 0. The van der Waals surface area contributed by atoms with Crippen molar-refractivity contribution in [1.82, 2.24) is 0 Å². The molecule has 0 N–H and O–H groups in total. The lowest BCUT2D eigenvalue weighted by Crippen LogP contribution is -2.52. The molecule has 0 amide bonds. The minimum atomic E-state index is -2.26. The molecule has 0 aliphatic carbocycles. The summed E-state index contributed by atoms with van der Waals surface area (Å²) in [4.78, 5) is 36.2. The lowest BCUT2D eigenvalue weighted by molar-refractivity contribution is -0.174. The highest BCUT2D eigenvalue weighted by molar-refractivity contribution is 6.77. The van der Waals surface area contributed by atoms with E-state index >= 15 is 0 Å². The highest BCUT2D eigenvalue weighted by Crippen LogP contribution is 2.43. The molecule has 0 aromatic carbocycles. The van der Waals surface area contributed by atoms with Gasteiger partial charge in [0.05, 0.1) is 13.2 Å². The minimum Gasteiger partial charge on any atom is -0.463 e. The zero-order valence-electron chi connectivity index (χ0n) is 20.9. The van der Waals surface area contributed by atoms with E-state index in [2.05, 4.69) is 41.5 Å². The number of carbonyl (C=O) groups is 3. The third-order valence-corrected chi connectivity index (χ3v) is 11.6. The van der Waals surface area contributed by atoms with E-state index in [4.69, 9.17) is 23.4 Å². The average molecular weight is 463 g/mol. The van der Waals surface area contributed by atoms with Crippen LogP contribution in [-0.4, -0.2) is 65.9 Å². The van der Waals surface area contributed by atoms with Gasteiger partial charge in [-0.25, -0.2) is 4.79 Å². The molecule has 0 fully saturated rings. The van der Waals surface area contributed by atoms with Crippen LogP contribution in [0.5, 0.6) is 0 Å². The van der Waals surface area contributed by atoms with Gasteiger partial charge in [0, 0.05) is 14.0 Å². The van der Waals surface area contributed by atoms with Crippen LogP contribution in [0.2, 0.25) is 16.6 Å². The molecule has 0 aliphatic heterocycles. The zero-order valence-corrected chi connectivity index (χ0v) is 21.9. The molecular weight excluding hydrogens is 420 g/mol. The molecule has 0 bridgehead atoms. The van der Waals surface area contributed by atoms with Crippen molar-refractivity contribution < 1.29 is 37.8 Å². The first-order valence-electron chi connectivity index (χ1n) is 10.9. The van der Waals surface area contributed by atoms with Gasteiger partial charge < -0.3 is 23.4 Å². The van der Waals surface area contributed by atoms with Gasteiger partial charge in [-0.15, -0.1) is 0 Å². The van der Waals surface area contributed by atoms with Crippen molar-refractivity contribution in [3.63, 3.8) is 0 Å². The topological polar surface area (TPSA) is 97.4 Å². The van der Waals surface area contributed by atoms with Crippen molar-refractivity contribution in [1.29, 1.82) is 0 Å².